The molecule has 2 heterocycles. The van der Waals surface area contributed by atoms with Crippen molar-refractivity contribution in [1.82, 2.24) is 25.0 Å². The quantitative estimate of drug-likeness (QED) is 0.451. The molecule has 4 rings (SSSR count). The van der Waals surface area contributed by atoms with Gasteiger partial charge in [0.15, 0.2) is 0 Å². The third kappa shape index (κ3) is 4.72. The Kier molecular flexibility index (Phi) is 6.06. The zero-order valence-corrected chi connectivity index (χ0v) is 17.1. The lowest BCUT2D eigenvalue weighted by Crippen LogP contribution is -2.32. The van der Waals surface area contributed by atoms with Crippen LogP contribution in [0.15, 0.2) is 55.1 Å². The average Bonchev–Trinajstić information content (AvgIpc) is 3.52. The van der Waals surface area contributed by atoms with Crippen LogP contribution in [0.25, 0.3) is 5.69 Å². The lowest BCUT2D eigenvalue weighted by molar-refractivity contribution is -0.384. The van der Waals surface area contributed by atoms with E-state index in [0.717, 1.165) is 31.5 Å². The number of urea groups is 1. The van der Waals surface area contributed by atoms with Crippen LogP contribution in [0.4, 0.5) is 16.2 Å². The highest BCUT2D eigenvalue weighted by molar-refractivity contribution is 5.95. The number of aromatic nitrogens is 3. The zero-order valence-electron chi connectivity index (χ0n) is 17.1. The van der Waals surface area contributed by atoms with E-state index in [-0.39, 0.29) is 29.5 Å². The fourth-order valence-electron chi connectivity index (χ4n) is 3.50. The summed E-state index contributed by atoms with van der Waals surface area (Å²) in [5.41, 5.74) is 1.53. The first kappa shape index (κ1) is 21.0. The smallest absolute Gasteiger partial charge is 0.321 e. The van der Waals surface area contributed by atoms with Crippen molar-refractivity contribution in [2.75, 3.05) is 18.4 Å². The van der Waals surface area contributed by atoms with E-state index < -0.39 is 10.8 Å². The highest BCUT2D eigenvalue weighted by Crippen LogP contribution is 2.23. The van der Waals surface area contributed by atoms with Gasteiger partial charge in [0.05, 0.1) is 4.92 Å². The van der Waals surface area contributed by atoms with Crippen LogP contribution in [-0.4, -0.2) is 49.6 Å². The van der Waals surface area contributed by atoms with Crippen molar-refractivity contribution in [2.24, 2.45) is 0 Å². The fraction of sp³-hybridized carbons (Fsp3) is 0.238. The molecule has 0 radical (unpaired) electrons. The summed E-state index contributed by atoms with van der Waals surface area (Å²) < 4.78 is 1.27. The van der Waals surface area contributed by atoms with E-state index in [0.29, 0.717) is 5.69 Å². The van der Waals surface area contributed by atoms with Gasteiger partial charge in [-0.3, -0.25) is 14.9 Å². The molecule has 11 nitrogen and oxygen atoms in total. The van der Waals surface area contributed by atoms with Crippen LogP contribution >= 0.6 is 0 Å². The van der Waals surface area contributed by atoms with Gasteiger partial charge in [-0.25, -0.2) is 14.5 Å². The molecular formula is C21H21N7O4. The number of nitrogens with one attached hydrogen (secondary N) is 2. The molecule has 2 N–H and O–H groups in total. The van der Waals surface area contributed by atoms with Crippen LogP contribution < -0.4 is 10.6 Å². The van der Waals surface area contributed by atoms with Gasteiger partial charge in [-0.05, 0) is 42.7 Å². The largest absolute Gasteiger partial charge is 0.348 e. The summed E-state index contributed by atoms with van der Waals surface area (Å²) in [5.74, 6) is -0.454. The summed E-state index contributed by atoms with van der Waals surface area (Å²) in [5, 5.41) is 21.0. The van der Waals surface area contributed by atoms with Gasteiger partial charge in [0.25, 0.3) is 11.6 Å². The van der Waals surface area contributed by atoms with Gasteiger partial charge in [0.2, 0.25) is 0 Å². The number of benzene rings is 2. The molecule has 164 valence electrons. The molecule has 1 fully saturated rings. The summed E-state index contributed by atoms with van der Waals surface area (Å²) in [6.45, 7) is 1.71. The Labute approximate surface area is 183 Å². The van der Waals surface area contributed by atoms with Gasteiger partial charge in [-0.15, -0.1) is 0 Å². The molecule has 0 saturated carbocycles. The van der Waals surface area contributed by atoms with Gasteiger partial charge in [-0.2, -0.15) is 5.10 Å². The molecule has 1 saturated heterocycles. The first-order valence-electron chi connectivity index (χ1n) is 10.1. The summed E-state index contributed by atoms with van der Waals surface area (Å²) in [7, 11) is 0. The Bertz CT molecular complexity index is 1140. The Morgan fingerprint density at radius 1 is 1.12 bits per heavy atom. The maximum Gasteiger partial charge on any atom is 0.321 e. The van der Waals surface area contributed by atoms with Crippen molar-refractivity contribution in [3.63, 3.8) is 0 Å². The molecule has 0 bridgehead atoms. The number of anilines is 1. The Hall–Kier alpha value is -4.28. The minimum absolute atomic E-state index is 0.136. The molecule has 0 spiro atoms. The molecule has 1 aromatic heterocycles. The number of likely N-dealkylation sites (tertiary alicyclic amines) is 1. The van der Waals surface area contributed by atoms with E-state index in [4.69, 9.17) is 0 Å². The van der Waals surface area contributed by atoms with Crippen molar-refractivity contribution < 1.29 is 14.5 Å². The van der Waals surface area contributed by atoms with Gasteiger partial charge in [0, 0.05) is 37.0 Å². The lowest BCUT2D eigenvalue weighted by Gasteiger charge is -2.16. The normalized spacial score (nSPS) is 13.1. The van der Waals surface area contributed by atoms with Crippen LogP contribution in [0, 0.1) is 10.1 Å². The molecule has 0 aliphatic carbocycles. The molecule has 3 amide bonds. The number of carbonyl (C=O) groups is 2. The van der Waals surface area contributed by atoms with Crippen LogP contribution in [0.2, 0.25) is 0 Å². The standard InChI is InChI=1S/C21H21N7O4/c29-20(16-6-7-18(19(11-16)28(31)32)27-14-22-13-24-27)23-12-15-4-3-5-17(10-15)25-21(30)26-8-1-2-9-26/h3-7,10-11,13-14H,1-2,8-9,12H2,(H,23,29)(H,25,30). The number of amides is 3. The van der Waals surface area contributed by atoms with Gasteiger partial charge >= 0.3 is 6.03 Å². The van der Waals surface area contributed by atoms with Crippen LogP contribution in [-0.2, 0) is 6.54 Å². The van der Waals surface area contributed by atoms with Crippen LogP contribution in [0.5, 0.6) is 0 Å². The van der Waals surface area contributed by atoms with Gasteiger partial charge in [0.1, 0.15) is 18.3 Å². The maximum atomic E-state index is 12.6. The second kappa shape index (κ2) is 9.25. The highest BCUT2D eigenvalue weighted by atomic mass is 16.6. The van der Waals surface area contributed by atoms with Crippen LogP contribution in [0.1, 0.15) is 28.8 Å². The third-order valence-electron chi connectivity index (χ3n) is 5.12. The number of rotatable bonds is 6. The van der Waals surface area contributed by atoms with Crippen molar-refractivity contribution in [3.8, 4) is 5.69 Å². The summed E-state index contributed by atoms with van der Waals surface area (Å²) in [6, 6.07) is 11.2. The maximum absolute atomic E-state index is 12.6. The van der Waals surface area contributed by atoms with E-state index in [9.17, 15) is 19.7 Å². The molecule has 11 heteroatoms. The number of hydrogen-bond donors (Lipinski definition) is 2. The minimum atomic E-state index is -0.569. The Morgan fingerprint density at radius 2 is 1.94 bits per heavy atom. The summed E-state index contributed by atoms with van der Waals surface area (Å²) >= 11 is 0. The number of hydrogen-bond acceptors (Lipinski definition) is 6. The Balaban J connectivity index is 1.42. The van der Waals surface area contributed by atoms with E-state index in [2.05, 4.69) is 20.7 Å². The molecule has 1 aliphatic heterocycles. The van der Waals surface area contributed by atoms with E-state index in [1.54, 1.807) is 23.1 Å². The molecule has 0 unspecified atom stereocenters. The van der Waals surface area contributed by atoms with E-state index in [1.165, 1.54) is 35.5 Å². The third-order valence-corrected chi connectivity index (χ3v) is 5.12. The van der Waals surface area contributed by atoms with Crippen LogP contribution in [0.3, 0.4) is 0 Å². The average molecular weight is 435 g/mol. The van der Waals surface area contributed by atoms with E-state index >= 15 is 0 Å². The van der Waals surface area contributed by atoms with Gasteiger partial charge in [-0.1, -0.05) is 12.1 Å². The number of carbonyl (C=O) groups excluding carboxylic acids is 2. The molecular weight excluding hydrogens is 414 g/mol. The minimum Gasteiger partial charge on any atom is -0.348 e. The summed E-state index contributed by atoms with van der Waals surface area (Å²) in [4.78, 5) is 41.3. The van der Waals surface area contributed by atoms with Crippen molar-refractivity contribution in [1.29, 1.82) is 0 Å². The predicted octanol–water partition coefficient (Wildman–Crippen LogP) is 2.73. The van der Waals surface area contributed by atoms with Crippen molar-refractivity contribution in [2.45, 2.75) is 19.4 Å². The molecule has 3 aromatic rings. The first-order chi connectivity index (χ1) is 15.5. The van der Waals surface area contributed by atoms with Crippen molar-refractivity contribution >= 4 is 23.3 Å². The molecule has 32 heavy (non-hydrogen) atoms. The predicted molar refractivity (Wildman–Crippen MR) is 115 cm³/mol. The monoisotopic (exact) mass is 435 g/mol. The number of nitrogens with zero attached hydrogens (tertiary/aromatic N) is 5. The second-order valence-electron chi connectivity index (χ2n) is 7.31. The van der Waals surface area contributed by atoms with Gasteiger partial charge < -0.3 is 15.5 Å². The summed E-state index contributed by atoms with van der Waals surface area (Å²) in [6.07, 6.45) is 4.64. The fourth-order valence-corrected chi connectivity index (χ4v) is 3.50. The first-order valence-corrected chi connectivity index (χ1v) is 10.1. The lowest BCUT2D eigenvalue weighted by atomic mass is 10.1. The Morgan fingerprint density at radius 3 is 2.66 bits per heavy atom. The molecule has 1 aliphatic rings. The molecule has 0 atom stereocenters. The highest BCUT2D eigenvalue weighted by Gasteiger charge is 2.20. The topological polar surface area (TPSA) is 135 Å². The SMILES string of the molecule is O=C(NCc1cccc(NC(=O)N2CCCC2)c1)c1ccc(-n2cncn2)c([N+](=O)[O-])c1. The number of nitro groups is 1. The molecule has 2 aromatic carbocycles. The zero-order chi connectivity index (χ0) is 22.5. The number of nitro benzene ring substituents is 1. The second-order valence-corrected chi connectivity index (χ2v) is 7.31. The van der Waals surface area contributed by atoms with Crippen molar-refractivity contribution in [3.05, 3.63) is 76.4 Å². The van der Waals surface area contributed by atoms with E-state index in [1.807, 2.05) is 6.07 Å².